The topological polar surface area (TPSA) is 120 Å². The summed E-state index contributed by atoms with van der Waals surface area (Å²) in [5.41, 5.74) is 3.39. The zero-order chi connectivity index (χ0) is 36.1. The molecule has 278 valence electrons. The van der Waals surface area contributed by atoms with E-state index in [0.717, 1.165) is 101 Å². The van der Waals surface area contributed by atoms with Gasteiger partial charge < -0.3 is 43.2 Å². The second-order valence-corrected chi connectivity index (χ2v) is 13.1. The molecule has 6 rings (SSSR count). The maximum Gasteiger partial charge on any atom is 0.253 e. The van der Waals surface area contributed by atoms with E-state index < -0.39 is 0 Å². The second-order valence-electron chi connectivity index (χ2n) is 13.1. The molecule has 0 aliphatic carbocycles. The lowest BCUT2D eigenvalue weighted by atomic mass is 10.1. The van der Waals surface area contributed by atoms with E-state index in [0.29, 0.717) is 65.5 Å². The third-order valence-electron chi connectivity index (χ3n) is 9.53. The fraction of sp³-hybridized carbons (Fsp3) is 0.475. The molecule has 0 spiro atoms. The molecule has 52 heavy (non-hydrogen) atoms. The summed E-state index contributed by atoms with van der Waals surface area (Å²) in [6, 6.07) is 14.9. The summed E-state index contributed by atoms with van der Waals surface area (Å²) in [6.07, 6.45) is 8.74. The Morgan fingerprint density at radius 2 is 1.46 bits per heavy atom. The first-order chi connectivity index (χ1) is 25.5. The van der Waals surface area contributed by atoms with Crippen molar-refractivity contribution in [2.24, 2.45) is 4.99 Å². The average Bonchev–Trinajstić information content (AvgIpc) is 3.61. The first kappa shape index (κ1) is 37.0. The van der Waals surface area contributed by atoms with Crippen molar-refractivity contribution in [2.75, 3.05) is 80.4 Å². The number of nitrogens with zero attached hydrogens (tertiary/aromatic N) is 4. The van der Waals surface area contributed by atoms with Gasteiger partial charge in [-0.25, -0.2) is 4.98 Å². The molecule has 3 aromatic carbocycles. The van der Waals surface area contributed by atoms with E-state index in [2.05, 4.69) is 25.1 Å². The van der Waals surface area contributed by atoms with Crippen LogP contribution in [0.4, 0.5) is 5.69 Å². The van der Waals surface area contributed by atoms with Gasteiger partial charge in [-0.2, -0.15) is 0 Å². The van der Waals surface area contributed by atoms with Gasteiger partial charge in [-0.15, -0.1) is 0 Å². The van der Waals surface area contributed by atoms with E-state index in [1.54, 1.807) is 27.4 Å². The highest BCUT2D eigenvalue weighted by atomic mass is 16.5. The van der Waals surface area contributed by atoms with Crippen LogP contribution >= 0.6 is 0 Å². The lowest BCUT2D eigenvalue weighted by molar-refractivity contribution is 0.0953. The monoisotopic (exact) mass is 713 g/mol. The number of aliphatic imine (C=N–C) groups is 1. The van der Waals surface area contributed by atoms with Crippen molar-refractivity contribution in [3.8, 4) is 40.2 Å². The summed E-state index contributed by atoms with van der Waals surface area (Å²) in [6.45, 7) is 8.30. The lowest BCUT2D eigenvalue weighted by Crippen LogP contribution is -2.46. The van der Waals surface area contributed by atoms with Crippen molar-refractivity contribution < 1.29 is 32.9 Å². The highest BCUT2D eigenvalue weighted by Gasteiger charge is 2.19. The minimum atomic E-state index is -0.131. The fourth-order valence-electron chi connectivity index (χ4n) is 6.48. The summed E-state index contributed by atoms with van der Waals surface area (Å²) >= 11 is 0. The average molecular weight is 714 g/mol. The molecular formula is C40H51N5O7. The molecule has 0 bridgehead atoms. The summed E-state index contributed by atoms with van der Waals surface area (Å²) in [7, 11) is 4.87. The molecule has 0 saturated carbocycles. The molecule has 1 amide bonds. The molecule has 12 nitrogen and oxygen atoms in total. The Morgan fingerprint density at radius 3 is 2.17 bits per heavy atom. The predicted molar refractivity (Wildman–Crippen MR) is 202 cm³/mol. The molecule has 1 saturated heterocycles. The van der Waals surface area contributed by atoms with Gasteiger partial charge in [0, 0.05) is 56.6 Å². The zero-order valence-electron chi connectivity index (χ0n) is 30.7. The van der Waals surface area contributed by atoms with Crippen LogP contribution in [-0.4, -0.2) is 107 Å². The Bertz CT molecular complexity index is 1800. The van der Waals surface area contributed by atoms with Gasteiger partial charge in [0.15, 0.2) is 28.6 Å². The number of nitrogens with one attached hydrogen (secondary N) is 1. The number of benzene rings is 3. The molecule has 0 atom stereocenters. The van der Waals surface area contributed by atoms with Crippen molar-refractivity contribution in [3.05, 3.63) is 54.1 Å². The van der Waals surface area contributed by atoms with E-state index in [1.807, 2.05) is 48.7 Å². The SMILES string of the molecule is COc1ccc2nc(-c3ccc(OCCCCN4CCN(CCCCOc5cc6c(cc5OC)C(=O)NCCCCC=N6)CC4)c(OC)c3)oc2c1. The number of oxazole rings is 1. The number of methoxy groups -OCH3 is 3. The summed E-state index contributed by atoms with van der Waals surface area (Å²) in [5.74, 6) is 3.66. The summed E-state index contributed by atoms with van der Waals surface area (Å²) in [4.78, 5) is 26.9. The quantitative estimate of drug-likeness (QED) is 0.125. The second kappa shape index (κ2) is 18.6. The largest absolute Gasteiger partial charge is 0.497 e. The number of fused-ring (bicyclic) bond motifs is 2. The number of hydrogen-bond donors (Lipinski definition) is 1. The number of carbonyl (C=O) groups excluding carboxylic acids is 1. The van der Waals surface area contributed by atoms with Crippen LogP contribution in [0.1, 0.15) is 55.3 Å². The van der Waals surface area contributed by atoms with Crippen LogP contribution in [0, 0.1) is 0 Å². The van der Waals surface area contributed by atoms with E-state index in [-0.39, 0.29) is 5.91 Å². The predicted octanol–water partition coefficient (Wildman–Crippen LogP) is 6.77. The van der Waals surface area contributed by atoms with Gasteiger partial charge in [-0.3, -0.25) is 9.79 Å². The standard InChI is InChI=1S/C40H51N5O7/c1-47-30-12-13-32-35(26-30)52-40(43-32)29-11-14-34(36(25-29)48-2)50-23-9-7-17-44-19-21-45(22-20-44)18-8-10-24-51-38-28-33-31(27-37(38)49-3)39(46)42-16-6-4-5-15-41-33/h11-15,25-28H,4-10,16-24H2,1-3H3,(H,42,46). The molecule has 2 aliphatic rings. The Labute approximate surface area is 306 Å². The molecule has 1 aromatic heterocycles. The van der Waals surface area contributed by atoms with E-state index in [9.17, 15) is 4.79 Å². The smallest absolute Gasteiger partial charge is 0.253 e. The van der Waals surface area contributed by atoms with Gasteiger partial charge >= 0.3 is 0 Å². The Balaban J connectivity index is 0.865. The summed E-state index contributed by atoms with van der Waals surface area (Å²) < 4.78 is 34.7. The van der Waals surface area contributed by atoms with Crippen LogP contribution in [-0.2, 0) is 0 Å². The number of hydrogen-bond acceptors (Lipinski definition) is 11. The number of rotatable bonds is 16. The van der Waals surface area contributed by atoms with Crippen LogP contribution in [0.3, 0.4) is 0 Å². The van der Waals surface area contributed by atoms with Crippen LogP contribution in [0.25, 0.3) is 22.6 Å². The number of ether oxygens (including phenoxy) is 5. The van der Waals surface area contributed by atoms with E-state index >= 15 is 0 Å². The molecule has 3 heterocycles. The molecule has 0 radical (unpaired) electrons. The van der Waals surface area contributed by atoms with Gasteiger partial charge in [-0.1, -0.05) is 0 Å². The highest BCUT2D eigenvalue weighted by molar-refractivity contribution is 6.00. The van der Waals surface area contributed by atoms with Crippen molar-refractivity contribution in [1.29, 1.82) is 0 Å². The van der Waals surface area contributed by atoms with Crippen LogP contribution in [0.5, 0.6) is 28.7 Å². The zero-order valence-corrected chi connectivity index (χ0v) is 30.7. The molecule has 12 heteroatoms. The number of unbranched alkanes of at least 4 members (excludes halogenated alkanes) is 2. The molecule has 4 aromatic rings. The van der Waals surface area contributed by atoms with Crippen LogP contribution in [0.2, 0.25) is 0 Å². The van der Waals surface area contributed by atoms with Crippen LogP contribution < -0.4 is 29.0 Å². The molecular weight excluding hydrogens is 662 g/mol. The van der Waals surface area contributed by atoms with Crippen molar-refractivity contribution in [3.63, 3.8) is 0 Å². The number of aromatic nitrogens is 1. The first-order valence-corrected chi connectivity index (χ1v) is 18.4. The summed E-state index contributed by atoms with van der Waals surface area (Å²) in [5, 5.41) is 2.98. The maximum atomic E-state index is 12.7. The van der Waals surface area contributed by atoms with Crippen molar-refractivity contribution in [2.45, 2.75) is 44.9 Å². The van der Waals surface area contributed by atoms with Crippen molar-refractivity contribution in [1.82, 2.24) is 20.1 Å². The number of piperazine rings is 1. The minimum Gasteiger partial charge on any atom is -0.497 e. The van der Waals surface area contributed by atoms with Gasteiger partial charge in [0.2, 0.25) is 5.89 Å². The third kappa shape index (κ3) is 9.74. The molecule has 2 aliphatic heterocycles. The Kier molecular flexibility index (Phi) is 13.2. The lowest BCUT2D eigenvalue weighted by Gasteiger charge is -2.34. The van der Waals surface area contributed by atoms with E-state index in [1.165, 1.54) is 0 Å². The third-order valence-corrected chi connectivity index (χ3v) is 9.53. The molecule has 0 unspecified atom stereocenters. The fourth-order valence-corrected chi connectivity index (χ4v) is 6.48. The van der Waals surface area contributed by atoms with Crippen LogP contribution in [0.15, 0.2) is 57.9 Å². The minimum absolute atomic E-state index is 0.131. The number of carbonyl (C=O) groups is 1. The molecule has 1 fully saturated rings. The van der Waals surface area contributed by atoms with Crippen molar-refractivity contribution >= 4 is 28.9 Å². The van der Waals surface area contributed by atoms with Gasteiger partial charge in [0.25, 0.3) is 5.91 Å². The van der Waals surface area contributed by atoms with Gasteiger partial charge in [0.05, 0.1) is 45.8 Å². The first-order valence-electron chi connectivity index (χ1n) is 18.4. The Hall–Kier alpha value is -4.81. The normalized spacial score (nSPS) is 15.6. The maximum absolute atomic E-state index is 12.7. The highest BCUT2D eigenvalue weighted by Crippen LogP contribution is 2.36. The Morgan fingerprint density at radius 1 is 0.750 bits per heavy atom. The van der Waals surface area contributed by atoms with Gasteiger partial charge in [0.1, 0.15) is 11.3 Å². The van der Waals surface area contributed by atoms with Gasteiger partial charge in [-0.05, 0) is 94.4 Å². The molecule has 1 N–H and O–H groups in total. The number of amides is 1. The van der Waals surface area contributed by atoms with E-state index in [4.69, 9.17) is 28.1 Å².